The van der Waals surface area contributed by atoms with Crippen molar-refractivity contribution < 1.29 is 27.9 Å². The molecule has 6 aliphatic heterocycles. The summed E-state index contributed by atoms with van der Waals surface area (Å²) < 4.78 is 38.1. The Bertz CT molecular complexity index is 2500. The van der Waals surface area contributed by atoms with Gasteiger partial charge in [-0.3, -0.25) is 19.0 Å². The Morgan fingerprint density at radius 3 is 1.58 bits per heavy atom. The van der Waals surface area contributed by atoms with Crippen molar-refractivity contribution in [3.63, 3.8) is 0 Å². The lowest BCUT2D eigenvalue weighted by Gasteiger charge is -2.40. The Morgan fingerprint density at radius 2 is 1.15 bits per heavy atom. The van der Waals surface area contributed by atoms with Crippen LogP contribution in [0.3, 0.4) is 0 Å². The largest absolute Gasteiger partial charge is 0.444 e. The Hall–Kier alpha value is -4.53. The van der Waals surface area contributed by atoms with Crippen molar-refractivity contribution in [1.82, 2.24) is 39.6 Å². The Balaban J connectivity index is 0.000000171. The molecule has 12 nitrogen and oxygen atoms in total. The number of aromatic nitrogens is 4. The summed E-state index contributed by atoms with van der Waals surface area (Å²) in [5, 5.41) is 13.7. The molecule has 2 aromatic carbocycles. The summed E-state index contributed by atoms with van der Waals surface area (Å²) in [6.45, 7) is 12.7. The molecule has 0 spiro atoms. The number of aryl methyl sites for hydroxylation is 2. The number of halogens is 4. The van der Waals surface area contributed by atoms with Gasteiger partial charge >= 0.3 is 6.09 Å². The number of benzene rings is 2. The van der Waals surface area contributed by atoms with Crippen LogP contribution < -0.4 is 5.32 Å². The average molecular weight is 962 g/mol. The molecule has 2 aromatic heterocycles. The minimum absolute atomic E-state index is 0.142. The predicted octanol–water partition coefficient (Wildman–Crippen LogP) is 9.32. The van der Waals surface area contributed by atoms with E-state index in [2.05, 4.69) is 15.5 Å². The second kappa shape index (κ2) is 19.5. The molecule has 4 unspecified atom stereocenters. The van der Waals surface area contributed by atoms with Crippen LogP contribution in [0.1, 0.15) is 130 Å². The molecule has 3 amide bonds. The van der Waals surface area contributed by atoms with Crippen LogP contribution in [-0.2, 0) is 53.3 Å². The van der Waals surface area contributed by atoms with Gasteiger partial charge in [0.15, 0.2) is 0 Å². The van der Waals surface area contributed by atoms with Crippen LogP contribution in [0.15, 0.2) is 36.4 Å². The molecule has 360 valence electrons. The molecule has 4 fully saturated rings. The van der Waals surface area contributed by atoms with Crippen molar-refractivity contribution in [1.29, 1.82) is 0 Å². The molecule has 0 radical (unpaired) electrons. The number of carbonyl (C=O) groups excluding carboxylic acids is 3. The van der Waals surface area contributed by atoms with Crippen LogP contribution in [-0.4, -0.2) is 95.0 Å². The normalized spacial score (nSPS) is 24.2. The molecule has 6 aliphatic rings. The van der Waals surface area contributed by atoms with Crippen LogP contribution in [0.5, 0.6) is 0 Å². The summed E-state index contributed by atoms with van der Waals surface area (Å²) in [6.07, 6.45) is 10.8. The van der Waals surface area contributed by atoms with Crippen LogP contribution in [0.2, 0.25) is 10.0 Å². The number of piperidine rings is 2. The van der Waals surface area contributed by atoms with Gasteiger partial charge in [0.2, 0.25) is 11.8 Å². The Kier molecular flexibility index (Phi) is 13.8. The lowest BCUT2D eigenvalue weighted by Crippen LogP contribution is -2.49. The minimum Gasteiger partial charge on any atom is -0.444 e. The molecule has 1 N–H and O–H groups in total. The van der Waals surface area contributed by atoms with Gasteiger partial charge in [-0.2, -0.15) is 10.2 Å². The highest BCUT2D eigenvalue weighted by Gasteiger charge is 2.45. The van der Waals surface area contributed by atoms with Gasteiger partial charge in [0.25, 0.3) is 0 Å². The Morgan fingerprint density at radius 1 is 0.701 bits per heavy atom. The van der Waals surface area contributed by atoms with Crippen LogP contribution in [0.25, 0.3) is 0 Å². The fourth-order valence-electron chi connectivity index (χ4n) is 11.8. The number of nitrogens with one attached hydrogen (secondary N) is 1. The smallest absolute Gasteiger partial charge is 0.410 e. The first-order valence-corrected chi connectivity index (χ1v) is 25.0. The van der Waals surface area contributed by atoms with Crippen molar-refractivity contribution in [2.24, 2.45) is 11.8 Å². The first-order valence-electron chi connectivity index (χ1n) is 24.3. The van der Waals surface area contributed by atoms with Gasteiger partial charge in [-0.15, -0.1) is 0 Å². The van der Waals surface area contributed by atoms with E-state index < -0.39 is 5.60 Å². The standard InChI is InChI=1S/C28H36ClFN4O3.C23H28ClFN4O/c1-17-23-9-10-32(16-25(23)33(31-17)15-19-5-6-20(29)14-24(19)30)26(35)13-18-11-21-7-8-22(12-18)34(21)27(36)37-28(2,3)4;1-14-20-6-7-28(23(30)10-15-8-18-4-5-19(9-15)26-18)13-22(20)29(27-14)12-16-2-3-17(24)11-21(16)25/h5-6,14,18,21-22H,7-13,15-16H2,1-4H3;2-3,11,15,18-19,26H,4-10,12-13H2,1H3. The molecule has 4 bridgehead atoms. The summed E-state index contributed by atoms with van der Waals surface area (Å²) in [7, 11) is 0. The summed E-state index contributed by atoms with van der Waals surface area (Å²) in [5.41, 5.74) is 6.84. The number of rotatable bonds is 8. The Labute approximate surface area is 402 Å². The summed E-state index contributed by atoms with van der Waals surface area (Å²) in [5.74, 6) is 0.463. The van der Waals surface area contributed by atoms with Gasteiger partial charge in [0, 0.05) is 71.3 Å². The summed E-state index contributed by atoms with van der Waals surface area (Å²) in [4.78, 5) is 45.1. The quantitative estimate of drug-likeness (QED) is 0.187. The molecule has 0 saturated carbocycles. The van der Waals surface area contributed by atoms with Gasteiger partial charge < -0.3 is 24.8 Å². The lowest BCUT2D eigenvalue weighted by molar-refractivity contribution is -0.134. The van der Waals surface area contributed by atoms with Crippen molar-refractivity contribution in [3.8, 4) is 0 Å². The number of hydrogen-bond acceptors (Lipinski definition) is 7. The molecule has 16 heteroatoms. The molecule has 4 aromatic rings. The number of hydrogen-bond donors (Lipinski definition) is 1. The van der Waals surface area contributed by atoms with Crippen molar-refractivity contribution >= 4 is 41.1 Å². The average Bonchev–Trinajstić information content (AvgIpc) is 3.97. The van der Waals surface area contributed by atoms with E-state index in [1.807, 2.05) is 58.7 Å². The molecule has 4 atom stereocenters. The van der Waals surface area contributed by atoms with E-state index in [0.29, 0.717) is 84.7 Å². The number of carbonyl (C=O) groups is 3. The number of fused-ring (bicyclic) bond motifs is 6. The monoisotopic (exact) mass is 960 g/mol. The van der Waals surface area contributed by atoms with Crippen LogP contribution in [0.4, 0.5) is 13.6 Å². The zero-order valence-electron chi connectivity index (χ0n) is 39.4. The topological polar surface area (TPSA) is 118 Å². The van der Waals surface area contributed by atoms with E-state index in [9.17, 15) is 23.2 Å². The summed E-state index contributed by atoms with van der Waals surface area (Å²) in [6, 6.07) is 10.9. The fraction of sp³-hybridized carbons (Fsp3) is 0.588. The maximum absolute atomic E-state index is 14.4. The van der Waals surface area contributed by atoms with Crippen molar-refractivity contribution in [2.45, 2.75) is 168 Å². The first-order chi connectivity index (χ1) is 31.9. The van der Waals surface area contributed by atoms with Crippen molar-refractivity contribution in [2.75, 3.05) is 13.1 Å². The zero-order chi connectivity index (χ0) is 47.3. The van der Waals surface area contributed by atoms with Gasteiger partial charge in [0.1, 0.15) is 17.2 Å². The second-order valence-electron chi connectivity index (χ2n) is 20.9. The molecular weight excluding hydrogens is 898 g/mol. The molecule has 8 heterocycles. The number of ether oxygens (including phenoxy) is 1. The van der Waals surface area contributed by atoms with Gasteiger partial charge in [-0.1, -0.05) is 35.3 Å². The van der Waals surface area contributed by atoms with E-state index in [1.165, 1.54) is 30.5 Å². The summed E-state index contributed by atoms with van der Waals surface area (Å²) >= 11 is 11.8. The van der Waals surface area contributed by atoms with Crippen LogP contribution >= 0.6 is 23.2 Å². The van der Waals surface area contributed by atoms with E-state index in [1.54, 1.807) is 24.3 Å². The van der Waals surface area contributed by atoms with Gasteiger partial charge in [-0.05, 0) is 146 Å². The van der Waals surface area contributed by atoms with E-state index in [-0.39, 0.29) is 47.5 Å². The third kappa shape index (κ3) is 10.7. The van der Waals surface area contributed by atoms with Crippen molar-refractivity contribution in [3.05, 3.63) is 103 Å². The van der Waals surface area contributed by atoms with Gasteiger partial charge in [-0.25, -0.2) is 13.6 Å². The fourth-order valence-corrected chi connectivity index (χ4v) is 12.1. The highest BCUT2D eigenvalue weighted by atomic mass is 35.5. The molecule has 67 heavy (non-hydrogen) atoms. The van der Waals surface area contributed by atoms with E-state index in [4.69, 9.17) is 27.9 Å². The SMILES string of the molecule is Cc1nn(Cc2ccc(Cl)cc2F)c2c1CCN(C(=O)CC1CC3CCC(C1)N3)C2.Cc1nn(Cc2ccc(Cl)cc2F)c2c1CCN(C(=O)CC1CC3CCC(C1)N3C(=O)OC(C)(C)C)C2. The zero-order valence-corrected chi connectivity index (χ0v) is 40.9. The van der Waals surface area contributed by atoms with E-state index >= 15 is 0 Å². The number of nitrogens with zero attached hydrogens (tertiary/aromatic N) is 7. The highest BCUT2D eigenvalue weighted by molar-refractivity contribution is 6.30. The molecular formula is C51H64Cl2F2N8O4. The minimum atomic E-state index is -0.513. The third-order valence-electron chi connectivity index (χ3n) is 15.0. The van der Waals surface area contributed by atoms with E-state index in [0.717, 1.165) is 86.3 Å². The number of amides is 3. The lowest BCUT2D eigenvalue weighted by atomic mass is 9.87. The second-order valence-corrected chi connectivity index (χ2v) is 21.8. The van der Waals surface area contributed by atoms with Crippen LogP contribution in [0, 0.1) is 37.3 Å². The molecule has 0 aliphatic carbocycles. The predicted molar refractivity (Wildman–Crippen MR) is 253 cm³/mol. The van der Waals surface area contributed by atoms with Gasteiger partial charge in [0.05, 0.1) is 49.0 Å². The molecule has 4 saturated heterocycles. The first kappa shape index (κ1) is 47.5. The maximum Gasteiger partial charge on any atom is 0.410 e. The molecule has 10 rings (SSSR count). The third-order valence-corrected chi connectivity index (χ3v) is 15.5. The highest BCUT2D eigenvalue weighted by Crippen LogP contribution is 2.41. The maximum atomic E-state index is 14.4.